The predicted molar refractivity (Wildman–Crippen MR) is 75.2 cm³/mol. The molecule has 0 atom stereocenters. The van der Waals surface area contributed by atoms with Gasteiger partial charge in [-0.15, -0.1) is 0 Å². The van der Waals surface area contributed by atoms with Crippen LogP contribution in [0.5, 0.6) is 0 Å². The smallest absolute Gasteiger partial charge is 0.157 e. The summed E-state index contributed by atoms with van der Waals surface area (Å²) in [6.07, 6.45) is 3.94. The molecule has 0 fully saturated rings. The summed E-state index contributed by atoms with van der Waals surface area (Å²) in [4.78, 5) is 0. The number of rotatable bonds is 2. The van der Waals surface area contributed by atoms with Gasteiger partial charge < -0.3 is 10.3 Å². The van der Waals surface area contributed by atoms with Gasteiger partial charge in [0, 0.05) is 0 Å². The van der Waals surface area contributed by atoms with E-state index < -0.39 is 0 Å². The lowest BCUT2D eigenvalue weighted by atomic mass is 9.99. The van der Waals surface area contributed by atoms with Crippen LogP contribution in [-0.4, -0.2) is 5.16 Å². The van der Waals surface area contributed by atoms with E-state index in [0.29, 0.717) is 17.1 Å². The van der Waals surface area contributed by atoms with E-state index in [2.05, 4.69) is 38.1 Å². The van der Waals surface area contributed by atoms with Crippen LogP contribution in [0.3, 0.4) is 0 Å². The maximum Gasteiger partial charge on any atom is 0.157 e. The van der Waals surface area contributed by atoms with Crippen LogP contribution >= 0.6 is 0 Å². The number of nitrogen functional groups attached to an aromatic ring is 1. The molecule has 0 aliphatic rings. The molecule has 0 bridgehead atoms. The first kappa shape index (κ1) is 12.4. The molecule has 1 aromatic heterocycles. The molecule has 0 amide bonds. The van der Waals surface area contributed by atoms with Crippen LogP contribution in [0.1, 0.15) is 33.7 Å². The minimum absolute atomic E-state index is 0.605. The Morgan fingerprint density at radius 3 is 2.17 bits per heavy atom. The van der Waals surface area contributed by atoms with Gasteiger partial charge in [-0.3, -0.25) is 0 Å². The summed E-state index contributed by atoms with van der Waals surface area (Å²) in [5.74, 6) is 0.659. The number of hydrogen-bond acceptors (Lipinski definition) is 3. The molecule has 3 heteroatoms. The van der Waals surface area contributed by atoms with Crippen molar-refractivity contribution in [2.24, 2.45) is 0 Å². The fourth-order valence-electron chi connectivity index (χ4n) is 2.13. The van der Waals surface area contributed by atoms with Crippen LogP contribution in [0, 0.1) is 27.7 Å². The molecular weight excluding hydrogens is 224 g/mol. The molecule has 0 radical (unpaired) electrons. The topological polar surface area (TPSA) is 52.0 Å². The van der Waals surface area contributed by atoms with Gasteiger partial charge in [-0.05, 0) is 50.5 Å². The number of benzene rings is 1. The van der Waals surface area contributed by atoms with Crippen molar-refractivity contribution in [2.45, 2.75) is 27.7 Å². The fraction of sp³-hybridized carbons (Fsp3) is 0.267. The second-order valence-corrected chi connectivity index (χ2v) is 4.68. The van der Waals surface area contributed by atoms with E-state index in [-0.39, 0.29) is 0 Å². The van der Waals surface area contributed by atoms with Crippen LogP contribution < -0.4 is 5.73 Å². The molecule has 0 aliphatic heterocycles. The van der Waals surface area contributed by atoms with Crippen molar-refractivity contribution in [3.63, 3.8) is 0 Å². The third-order valence-corrected chi connectivity index (χ3v) is 3.08. The SMILES string of the molecule is Cc1cc(C)c(C=Cc2noc(C)c2N)c(C)c1. The summed E-state index contributed by atoms with van der Waals surface area (Å²) in [7, 11) is 0. The zero-order chi connectivity index (χ0) is 13.3. The Bertz CT molecular complexity index is 586. The van der Waals surface area contributed by atoms with E-state index >= 15 is 0 Å². The van der Waals surface area contributed by atoms with Crippen LogP contribution in [0.4, 0.5) is 5.69 Å². The second-order valence-electron chi connectivity index (χ2n) is 4.68. The fourth-order valence-corrected chi connectivity index (χ4v) is 2.13. The van der Waals surface area contributed by atoms with Crippen LogP contribution in [-0.2, 0) is 0 Å². The molecule has 2 N–H and O–H groups in total. The van der Waals surface area contributed by atoms with Gasteiger partial charge in [0.25, 0.3) is 0 Å². The third kappa shape index (κ3) is 2.30. The summed E-state index contributed by atoms with van der Waals surface area (Å²) in [6.45, 7) is 8.13. The van der Waals surface area contributed by atoms with E-state index in [9.17, 15) is 0 Å². The number of anilines is 1. The molecule has 0 saturated carbocycles. The Balaban J connectivity index is 2.38. The molecule has 2 rings (SSSR count). The first-order chi connectivity index (χ1) is 8.49. The van der Waals surface area contributed by atoms with Crippen LogP contribution in [0.2, 0.25) is 0 Å². The standard InChI is InChI=1S/C15H18N2O/c1-9-7-10(2)13(11(3)8-9)5-6-14-15(16)12(4)18-17-14/h5-8H,16H2,1-4H3. The minimum Gasteiger partial charge on any atom is -0.394 e. The summed E-state index contributed by atoms with van der Waals surface area (Å²) in [6, 6.07) is 4.34. The van der Waals surface area contributed by atoms with Gasteiger partial charge in [-0.1, -0.05) is 28.9 Å². The highest BCUT2D eigenvalue weighted by atomic mass is 16.5. The van der Waals surface area contributed by atoms with Crippen LogP contribution in [0.25, 0.3) is 12.2 Å². The van der Waals surface area contributed by atoms with E-state index in [1.165, 1.54) is 22.3 Å². The molecule has 18 heavy (non-hydrogen) atoms. The number of aromatic nitrogens is 1. The Kier molecular flexibility index (Phi) is 3.24. The molecule has 1 heterocycles. The normalized spacial score (nSPS) is 11.3. The zero-order valence-electron chi connectivity index (χ0n) is 11.2. The van der Waals surface area contributed by atoms with Crippen molar-refractivity contribution < 1.29 is 4.52 Å². The van der Waals surface area contributed by atoms with Crippen molar-refractivity contribution in [1.29, 1.82) is 0 Å². The van der Waals surface area contributed by atoms with E-state index in [1.807, 2.05) is 19.1 Å². The molecule has 2 aromatic rings. The number of hydrogen-bond donors (Lipinski definition) is 1. The van der Waals surface area contributed by atoms with Gasteiger partial charge in [0.1, 0.15) is 11.4 Å². The van der Waals surface area contributed by atoms with E-state index in [1.54, 1.807) is 0 Å². The summed E-state index contributed by atoms with van der Waals surface area (Å²) < 4.78 is 5.04. The van der Waals surface area contributed by atoms with E-state index in [0.717, 1.165) is 0 Å². The molecule has 0 spiro atoms. The molecule has 3 nitrogen and oxygen atoms in total. The Morgan fingerprint density at radius 2 is 1.67 bits per heavy atom. The molecule has 0 saturated heterocycles. The molecular formula is C15H18N2O. The Hall–Kier alpha value is -2.03. The lowest BCUT2D eigenvalue weighted by molar-refractivity contribution is 0.397. The highest BCUT2D eigenvalue weighted by Crippen LogP contribution is 2.21. The highest BCUT2D eigenvalue weighted by Gasteiger charge is 2.06. The zero-order valence-corrected chi connectivity index (χ0v) is 11.2. The summed E-state index contributed by atoms with van der Waals surface area (Å²) >= 11 is 0. The van der Waals surface area contributed by atoms with Gasteiger partial charge in [-0.2, -0.15) is 0 Å². The van der Waals surface area contributed by atoms with E-state index in [4.69, 9.17) is 10.3 Å². The molecule has 1 aromatic carbocycles. The molecule has 0 unspecified atom stereocenters. The Labute approximate surface area is 107 Å². The summed E-state index contributed by atoms with van der Waals surface area (Å²) in [5.41, 5.74) is 12.1. The number of nitrogens with zero attached hydrogens (tertiary/aromatic N) is 1. The third-order valence-electron chi connectivity index (χ3n) is 3.08. The maximum atomic E-state index is 5.86. The van der Waals surface area contributed by atoms with Gasteiger partial charge in [0.05, 0.1) is 0 Å². The monoisotopic (exact) mass is 242 g/mol. The molecule has 94 valence electrons. The van der Waals surface area contributed by atoms with Crippen molar-refractivity contribution in [3.05, 3.63) is 45.8 Å². The first-order valence-electron chi connectivity index (χ1n) is 5.96. The number of aryl methyl sites for hydroxylation is 4. The first-order valence-corrected chi connectivity index (χ1v) is 5.96. The summed E-state index contributed by atoms with van der Waals surface area (Å²) in [5, 5.41) is 3.92. The highest BCUT2D eigenvalue weighted by molar-refractivity contribution is 5.76. The maximum absolute atomic E-state index is 5.86. The average Bonchev–Trinajstić information content (AvgIpc) is 2.59. The molecule has 0 aliphatic carbocycles. The average molecular weight is 242 g/mol. The Morgan fingerprint density at radius 1 is 1.06 bits per heavy atom. The van der Waals surface area contributed by atoms with Gasteiger partial charge >= 0.3 is 0 Å². The van der Waals surface area contributed by atoms with Gasteiger partial charge in [0.15, 0.2) is 5.76 Å². The van der Waals surface area contributed by atoms with Crippen molar-refractivity contribution in [3.8, 4) is 0 Å². The van der Waals surface area contributed by atoms with Crippen LogP contribution in [0.15, 0.2) is 16.7 Å². The lowest BCUT2D eigenvalue weighted by Crippen LogP contribution is -1.89. The van der Waals surface area contributed by atoms with Crippen molar-refractivity contribution >= 4 is 17.8 Å². The van der Waals surface area contributed by atoms with Crippen molar-refractivity contribution in [2.75, 3.05) is 5.73 Å². The van der Waals surface area contributed by atoms with Crippen molar-refractivity contribution in [1.82, 2.24) is 5.16 Å². The minimum atomic E-state index is 0.605. The largest absolute Gasteiger partial charge is 0.394 e. The van der Waals surface area contributed by atoms with Gasteiger partial charge in [-0.25, -0.2) is 0 Å². The predicted octanol–water partition coefficient (Wildman–Crippen LogP) is 3.66. The lowest BCUT2D eigenvalue weighted by Gasteiger charge is -2.06. The second kappa shape index (κ2) is 4.69. The number of nitrogens with two attached hydrogens (primary N) is 1. The van der Waals surface area contributed by atoms with Gasteiger partial charge in [0.2, 0.25) is 0 Å². The quantitative estimate of drug-likeness (QED) is 0.874.